The highest BCUT2D eigenvalue weighted by atomic mass is 79.9. The SMILES string of the molecule is OCC1C=C(c2ncc(Br)cn2)NO1. The lowest BCUT2D eigenvalue weighted by molar-refractivity contribution is 0.0171. The molecule has 2 N–H and O–H groups in total. The zero-order valence-corrected chi connectivity index (χ0v) is 8.73. The van der Waals surface area contributed by atoms with Crippen molar-refractivity contribution in [2.45, 2.75) is 6.10 Å². The average molecular weight is 258 g/mol. The molecule has 0 amide bonds. The second-order valence-corrected chi connectivity index (χ2v) is 3.66. The summed E-state index contributed by atoms with van der Waals surface area (Å²) in [7, 11) is 0. The van der Waals surface area contributed by atoms with Crippen LogP contribution in [-0.4, -0.2) is 27.8 Å². The van der Waals surface area contributed by atoms with E-state index >= 15 is 0 Å². The first kappa shape index (κ1) is 9.57. The molecule has 0 aromatic carbocycles. The van der Waals surface area contributed by atoms with Crippen LogP contribution in [0, 0.1) is 0 Å². The Morgan fingerprint density at radius 1 is 1.50 bits per heavy atom. The molecule has 1 aromatic rings. The molecule has 14 heavy (non-hydrogen) atoms. The molecule has 0 aliphatic carbocycles. The van der Waals surface area contributed by atoms with E-state index in [0.717, 1.165) is 4.47 Å². The van der Waals surface area contributed by atoms with E-state index in [2.05, 4.69) is 31.4 Å². The molecule has 1 aliphatic heterocycles. The van der Waals surface area contributed by atoms with Crippen molar-refractivity contribution in [3.63, 3.8) is 0 Å². The third kappa shape index (κ3) is 1.92. The molecule has 1 unspecified atom stereocenters. The maximum absolute atomic E-state index is 8.82. The highest BCUT2D eigenvalue weighted by Gasteiger charge is 2.17. The van der Waals surface area contributed by atoms with E-state index in [1.165, 1.54) is 0 Å². The van der Waals surface area contributed by atoms with Crippen LogP contribution in [0.15, 0.2) is 22.9 Å². The summed E-state index contributed by atoms with van der Waals surface area (Å²) in [4.78, 5) is 13.2. The van der Waals surface area contributed by atoms with E-state index in [1.54, 1.807) is 18.5 Å². The van der Waals surface area contributed by atoms with Gasteiger partial charge in [-0.05, 0) is 22.0 Å². The zero-order valence-electron chi connectivity index (χ0n) is 7.14. The van der Waals surface area contributed by atoms with Gasteiger partial charge in [-0.2, -0.15) is 0 Å². The van der Waals surface area contributed by atoms with Crippen LogP contribution in [-0.2, 0) is 4.84 Å². The standard InChI is InChI=1S/C8H8BrN3O2/c9-5-2-10-8(11-3-5)7-1-6(4-13)14-12-7/h1-3,6,12-13H,4H2. The molecule has 74 valence electrons. The third-order valence-electron chi connectivity index (χ3n) is 1.71. The molecule has 2 heterocycles. The van der Waals surface area contributed by atoms with Crippen molar-refractivity contribution in [2.24, 2.45) is 0 Å². The number of nitrogens with zero attached hydrogens (tertiary/aromatic N) is 2. The molecule has 0 bridgehead atoms. The van der Waals surface area contributed by atoms with Crippen LogP contribution >= 0.6 is 15.9 Å². The fourth-order valence-corrected chi connectivity index (χ4v) is 1.26. The van der Waals surface area contributed by atoms with Gasteiger partial charge in [0.05, 0.1) is 11.1 Å². The van der Waals surface area contributed by atoms with Crippen LogP contribution in [0.4, 0.5) is 0 Å². The highest BCUT2D eigenvalue weighted by Crippen LogP contribution is 2.15. The molecule has 1 aromatic heterocycles. The van der Waals surface area contributed by atoms with Gasteiger partial charge in [0, 0.05) is 12.4 Å². The van der Waals surface area contributed by atoms with Crippen LogP contribution < -0.4 is 5.48 Å². The molecule has 6 heteroatoms. The number of hydrogen-bond donors (Lipinski definition) is 2. The van der Waals surface area contributed by atoms with E-state index in [1.807, 2.05) is 0 Å². The van der Waals surface area contributed by atoms with Gasteiger partial charge in [0.25, 0.3) is 0 Å². The maximum atomic E-state index is 8.82. The first-order chi connectivity index (χ1) is 6.79. The Hall–Kier alpha value is -0.980. The number of aliphatic hydroxyl groups excluding tert-OH is 1. The Bertz CT molecular complexity index is 352. The second kappa shape index (κ2) is 4.04. The van der Waals surface area contributed by atoms with Crippen molar-refractivity contribution < 1.29 is 9.94 Å². The second-order valence-electron chi connectivity index (χ2n) is 2.75. The molecular weight excluding hydrogens is 250 g/mol. The number of rotatable bonds is 2. The molecule has 0 fully saturated rings. The number of halogens is 1. The first-order valence-electron chi connectivity index (χ1n) is 4.02. The summed E-state index contributed by atoms with van der Waals surface area (Å²) in [5.74, 6) is 0.546. The van der Waals surface area contributed by atoms with Crippen molar-refractivity contribution in [2.75, 3.05) is 6.61 Å². The first-order valence-corrected chi connectivity index (χ1v) is 4.81. The summed E-state index contributed by atoms with van der Waals surface area (Å²) in [6.45, 7) is -0.0625. The molecular formula is C8H8BrN3O2. The third-order valence-corrected chi connectivity index (χ3v) is 2.12. The van der Waals surface area contributed by atoms with Gasteiger partial charge in [0.15, 0.2) is 5.82 Å². The number of hydroxylamine groups is 1. The summed E-state index contributed by atoms with van der Waals surface area (Å²) in [6, 6.07) is 0. The lowest BCUT2D eigenvalue weighted by Crippen LogP contribution is -2.15. The van der Waals surface area contributed by atoms with Crippen LogP contribution in [0.3, 0.4) is 0 Å². The smallest absolute Gasteiger partial charge is 0.177 e. The number of aromatic nitrogens is 2. The molecule has 0 spiro atoms. The van der Waals surface area contributed by atoms with Gasteiger partial charge < -0.3 is 5.11 Å². The van der Waals surface area contributed by atoms with Crippen molar-refractivity contribution in [3.8, 4) is 0 Å². The number of hydrogen-bond acceptors (Lipinski definition) is 5. The summed E-state index contributed by atoms with van der Waals surface area (Å²) in [5.41, 5.74) is 3.33. The van der Waals surface area contributed by atoms with Crippen molar-refractivity contribution in [1.82, 2.24) is 15.4 Å². The average Bonchev–Trinajstić information content (AvgIpc) is 2.67. The Morgan fingerprint density at radius 2 is 2.21 bits per heavy atom. The van der Waals surface area contributed by atoms with Crippen molar-refractivity contribution >= 4 is 21.6 Å². The van der Waals surface area contributed by atoms with Gasteiger partial charge in [0.1, 0.15) is 11.8 Å². The zero-order chi connectivity index (χ0) is 9.97. The Kier molecular flexibility index (Phi) is 2.76. The topological polar surface area (TPSA) is 67.3 Å². The number of nitrogens with one attached hydrogen (secondary N) is 1. The summed E-state index contributed by atoms with van der Waals surface area (Å²) in [6.07, 6.45) is 4.72. The normalized spacial score (nSPS) is 20.4. The largest absolute Gasteiger partial charge is 0.393 e. The summed E-state index contributed by atoms with van der Waals surface area (Å²) < 4.78 is 0.819. The lowest BCUT2D eigenvalue weighted by atomic mass is 10.3. The van der Waals surface area contributed by atoms with Crippen LogP contribution in [0.5, 0.6) is 0 Å². The molecule has 1 aliphatic rings. The van der Waals surface area contributed by atoms with Crippen LogP contribution in [0.2, 0.25) is 0 Å². The molecule has 1 atom stereocenters. The predicted octanol–water partition coefficient (Wildman–Crippen LogP) is 0.476. The molecule has 0 saturated carbocycles. The predicted molar refractivity (Wildman–Crippen MR) is 52.8 cm³/mol. The van der Waals surface area contributed by atoms with Gasteiger partial charge >= 0.3 is 0 Å². The van der Waals surface area contributed by atoms with Gasteiger partial charge in [-0.25, -0.2) is 9.97 Å². The van der Waals surface area contributed by atoms with Crippen LogP contribution in [0.25, 0.3) is 5.70 Å². The highest BCUT2D eigenvalue weighted by molar-refractivity contribution is 9.10. The monoisotopic (exact) mass is 257 g/mol. The molecule has 0 saturated heterocycles. The van der Waals surface area contributed by atoms with Crippen molar-refractivity contribution in [1.29, 1.82) is 0 Å². The van der Waals surface area contributed by atoms with Crippen LogP contribution in [0.1, 0.15) is 5.82 Å². The maximum Gasteiger partial charge on any atom is 0.177 e. The Balaban J connectivity index is 2.20. The van der Waals surface area contributed by atoms with Crippen molar-refractivity contribution in [3.05, 3.63) is 28.8 Å². The van der Waals surface area contributed by atoms with Gasteiger partial charge in [-0.15, -0.1) is 0 Å². The van der Waals surface area contributed by atoms with E-state index in [4.69, 9.17) is 9.94 Å². The summed E-state index contributed by atoms with van der Waals surface area (Å²) >= 11 is 3.24. The van der Waals surface area contributed by atoms with E-state index < -0.39 is 0 Å². The minimum absolute atomic E-state index is 0.0625. The fraction of sp³-hybridized carbons (Fsp3) is 0.250. The van der Waals surface area contributed by atoms with E-state index in [-0.39, 0.29) is 12.7 Å². The minimum Gasteiger partial charge on any atom is -0.393 e. The van der Waals surface area contributed by atoms with Gasteiger partial charge in [0.2, 0.25) is 0 Å². The van der Waals surface area contributed by atoms with E-state index in [9.17, 15) is 0 Å². The fourth-order valence-electron chi connectivity index (χ4n) is 1.05. The quantitative estimate of drug-likeness (QED) is 0.807. The number of aliphatic hydroxyl groups is 1. The van der Waals surface area contributed by atoms with E-state index in [0.29, 0.717) is 11.5 Å². The van der Waals surface area contributed by atoms with Gasteiger partial charge in [-0.1, -0.05) is 0 Å². The molecule has 2 rings (SSSR count). The minimum atomic E-state index is -0.322. The Labute approximate surface area is 88.9 Å². The van der Waals surface area contributed by atoms with Gasteiger partial charge in [-0.3, -0.25) is 10.3 Å². The molecule has 0 radical (unpaired) electrons. The summed E-state index contributed by atoms with van der Waals surface area (Å²) in [5, 5.41) is 8.82. The Morgan fingerprint density at radius 3 is 2.79 bits per heavy atom. The lowest BCUT2D eigenvalue weighted by Gasteiger charge is -2.02. The molecule has 5 nitrogen and oxygen atoms in total.